The lowest BCUT2D eigenvalue weighted by Crippen LogP contribution is -2.23. The van der Waals surface area contributed by atoms with Crippen LogP contribution in [0.25, 0.3) is 0 Å². The van der Waals surface area contributed by atoms with Crippen LogP contribution in [0.3, 0.4) is 0 Å². The Balaban J connectivity index is 1.62. The van der Waals surface area contributed by atoms with Gasteiger partial charge in [0.15, 0.2) is 0 Å². The van der Waals surface area contributed by atoms with Crippen molar-refractivity contribution in [3.63, 3.8) is 0 Å². The summed E-state index contributed by atoms with van der Waals surface area (Å²) in [6.45, 7) is 4.70. The average Bonchev–Trinajstić information content (AvgIpc) is 2.49. The molecule has 0 saturated carbocycles. The van der Waals surface area contributed by atoms with Crippen LogP contribution >= 0.6 is 0 Å². The normalized spacial score (nSPS) is 17.2. The van der Waals surface area contributed by atoms with Crippen LogP contribution in [0.2, 0.25) is 0 Å². The summed E-state index contributed by atoms with van der Waals surface area (Å²) in [6.07, 6.45) is 2.03. The quantitative estimate of drug-likeness (QED) is 0.865. The number of fused-ring (bicyclic) bond motifs is 1. The third-order valence-corrected chi connectivity index (χ3v) is 3.51. The zero-order valence-corrected chi connectivity index (χ0v) is 12.5. The Morgan fingerprint density at radius 1 is 1.19 bits per heavy atom. The third-order valence-electron chi connectivity index (χ3n) is 3.51. The van der Waals surface area contributed by atoms with Crippen LogP contribution in [0, 0.1) is 5.92 Å². The minimum absolute atomic E-state index is 0.119. The maximum atomic E-state index is 5.81. The summed E-state index contributed by atoms with van der Waals surface area (Å²) in [6, 6.07) is 12.1. The number of benzene rings is 1. The van der Waals surface area contributed by atoms with Gasteiger partial charge in [-0.2, -0.15) is 5.10 Å². The van der Waals surface area contributed by atoms with Gasteiger partial charge in [0, 0.05) is 12.0 Å². The molecule has 1 aliphatic heterocycles. The highest BCUT2D eigenvalue weighted by molar-refractivity contribution is 5.35. The van der Waals surface area contributed by atoms with Crippen molar-refractivity contribution in [2.45, 2.75) is 32.8 Å². The van der Waals surface area contributed by atoms with Gasteiger partial charge in [-0.05, 0) is 44.4 Å². The van der Waals surface area contributed by atoms with E-state index in [1.54, 1.807) is 0 Å². The summed E-state index contributed by atoms with van der Waals surface area (Å²) in [5.41, 5.74) is 2.26. The van der Waals surface area contributed by atoms with E-state index in [9.17, 15) is 0 Å². The van der Waals surface area contributed by atoms with Crippen molar-refractivity contribution in [1.82, 2.24) is 10.2 Å². The molecule has 2 heterocycles. The highest BCUT2D eigenvalue weighted by atomic mass is 16.5. The number of nitrogens with zero attached hydrogens (tertiary/aromatic N) is 2. The van der Waals surface area contributed by atoms with Crippen LogP contribution in [-0.4, -0.2) is 22.9 Å². The summed E-state index contributed by atoms with van der Waals surface area (Å²) < 4.78 is 11.3. The van der Waals surface area contributed by atoms with Crippen LogP contribution in [0.5, 0.6) is 11.6 Å². The van der Waals surface area contributed by atoms with Crippen LogP contribution in [0.1, 0.15) is 25.1 Å². The Labute approximate surface area is 125 Å². The number of hydrogen-bond acceptors (Lipinski definition) is 4. The fraction of sp³-hybridized carbons (Fsp3) is 0.412. The second kappa shape index (κ2) is 6.12. The van der Waals surface area contributed by atoms with Gasteiger partial charge in [0.2, 0.25) is 5.88 Å². The first kappa shape index (κ1) is 13.9. The fourth-order valence-corrected chi connectivity index (χ4v) is 2.58. The Kier molecular flexibility index (Phi) is 4.04. The Hall–Kier alpha value is -2.10. The molecule has 3 rings (SSSR count). The van der Waals surface area contributed by atoms with Crippen LogP contribution in [0.4, 0.5) is 0 Å². The molecule has 1 atom stereocenters. The molecule has 0 spiro atoms. The van der Waals surface area contributed by atoms with Gasteiger partial charge >= 0.3 is 0 Å². The Morgan fingerprint density at radius 2 is 2.05 bits per heavy atom. The van der Waals surface area contributed by atoms with E-state index in [4.69, 9.17) is 9.47 Å². The zero-order chi connectivity index (χ0) is 14.7. The lowest BCUT2D eigenvalue weighted by Gasteiger charge is -2.24. The van der Waals surface area contributed by atoms with Crippen molar-refractivity contribution in [2.24, 2.45) is 5.92 Å². The minimum Gasteiger partial charge on any atom is -0.493 e. The lowest BCUT2D eigenvalue weighted by molar-refractivity contribution is 0.218. The predicted octanol–water partition coefficient (Wildman–Crippen LogP) is 3.06. The first-order valence-corrected chi connectivity index (χ1v) is 7.40. The molecule has 4 nitrogen and oxygen atoms in total. The molecule has 21 heavy (non-hydrogen) atoms. The summed E-state index contributed by atoms with van der Waals surface area (Å²) in [5.74, 6) is 2.05. The molecule has 1 aliphatic rings. The van der Waals surface area contributed by atoms with Gasteiger partial charge in [-0.1, -0.05) is 18.2 Å². The van der Waals surface area contributed by atoms with Gasteiger partial charge in [-0.3, -0.25) is 0 Å². The molecule has 1 aromatic carbocycles. The molecule has 4 heteroatoms. The zero-order valence-electron chi connectivity index (χ0n) is 12.5. The lowest BCUT2D eigenvalue weighted by atomic mass is 9.93. The smallest absolute Gasteiger partial charge is 0.233 e. The first-order valence-electron chi connectivity index (χ1n) is 7.40. The molecule has 0 unspecified atom stereocenters. The standard InChI is InChI=1S/C17H20N2O2/c1-12(2)21-17-8-7-15(18-19-17)10-13-9-14-5-3-4-6-16(14)20-11-13/h3-8,12-13H,9-11H2,1-2H3/t13-/m1/s1. The number of hydrogen-bond donors (Lipinski definition) is 0. The second-order valence-electron chi connectivity index (χ2n) is 5.72. The summed E-state index contributed by atoms with van der Waals surface area (Å²) in [5, 5.41) is 8.37. The highest BCUT2D eigenvalue weighted by Gasteiger charge is 2.20. The molecule has 0 saturated heterocycles. The van der Waals surface area contributed by atoms with Crippen molar-refractivity contribution in [3.05, 3.63) is 47.7 Å². The van der Waals surface area contributed by atoms with E-state index in [0.717, 1.165) is 30.9 Å². The first-order chi connectivity index (χ1) is 10.2. The molecule has 0 radical (unpaired) electrons. The van der Waals surface area contributed by atoms with E-state index in [2.05, 4.69) is 22.3 Å². The third kappa shape index (κ3) is 3.51. The van der Waals surface area contributed by atoms with Crippen molar-refractivity contribution in [3.8, 4) is 11.6 Å². The van der Waals surface area contributed by atoms with E-state index in [-0.39, 0.29) is 6.10 Å². The molecule has 2 aromatic rings. The van der Waals surface area contributed by atoms with E-state index in [1.807, 2.05) is 38.1 Å². The molecular weight excluding hydrogens is 264 g/mol. The maximum absolute atomic E-state index is 5.81. The van der Waals surface area contributed by atoms with Crippen LogP contribution in [0.15, 0.2) is 36.4 Å². The predicted molar refractivity (Wildman–Crippen MR) is 80.6 cm³/mol. The van der Waals surface area contributed by atoms with Gasteiger partial charge in [0.05, 0.1) is 18.4 Å². The molecular formula is C17H20N2O2. The van der Waals surface area contributed by atoms with E-state index in [0.29, 0.717) is 11.8 Å². The van der Waals surface area contributed by atoms with E-state index < -0.39 is 0 Å². The van der Waals surface area contributed by atoms with Gasteiger partial charge in [0.25, 0.3) is 0 Å². The summed E-state index contributed by atoms with van der Waals surface area (Å²) >= 11 is 0. The minimum atomic E-state index is 0.119. The fourth-order valence-electron chi connectivity index (χ4n) is 2.58. The molecule has 0 amide bonds. The molecule has 0 bridgehead atoms. The Bertz CT molecular complexity index is 596. The topological polar surface area (TPSA) is 44.2 Å². The second-order valence-corrected chi connectivity index (χ2v) is 5.72. The van der Waals surface area contributed by atoms with E-state index >= 15 is 0 Å². The largest absolute Gasteiger partial charge is 0.493 e. The molecule has 110 valence electrons. The van der Waals surface area contributed by atoms with Gasteiger partial charge in [-0.25, -0.2) is 0 Å². The number of para-hydroxylation sites is 1. The summed E-state index contributed by atoms with van der Waals surface area (Å²) in [7, 11) is 0. The number of aromatic nitrogens is 2. The number of ether oxygens (including phenoxy) is 2. The van der Waals surface area contributed by atoms with Crippen molar-refractivity contribution >= 4 is 0 Å². The number of rotatable bonds is 4. The summed E-state index contributed by atoms with van der Waals surface area (Å²) in [4.78, 5) is 0. The van der Waals surface area contributed by atoms with Crippen molar-refractivity contribution in [1.29, 1.82) is 0 Å². The van der Waals surface area contributed by atoms with Crippen LogP contribution < -0.4 is 9.47 Å². The molecule has 1 aromatic heterocycles. The monoisotopic (exact) mass is 284 g/mol. The van der Waals surface area contributed by atoms with Gasteiger partial charge in [0.1, 0.15) is 5.75 Å². The highest BCUT2D eigenvalue weighted by Crippen LogP contribution is 2.28. The van der Waals surface area contributed by atoms with E-state index in [1.165, 1.54) is 5.56 Å². The van der Waals surface area contributed by atoms with Gasteiger partial charge < -0.3 is 9.47 Å². The average molecular weight is 284 g/mol. The van der Waals surface area contributed by atoms with Crippen molar-refractivity contribution < 1.29 is 9.47 Å². The maximum Gasteiger partial charge on any atom is 0.233 e. The SMILES string of the molecule is CC(C)Oc1ccc(C[C@@H]2COc3ccccc3C2)nn1. The molecule has 0 aliphatic carbocycles. The molecule has 0 N–H and O–H groups in total. The van der Waals surface area contributed by atoms with Gasteiger partial charge in [-0.15, -0.1) is 5.10 Å². The molecule has 0 fully saturated rings. The van der Waals surface area contributed by atoms with Crippen LogP contribution in [-0.2, 0) is 12.8 Å². The van der Waals surface area contributed by atoms with Crippen molar-refractivity contribution in [2.75, 3.05) is 6.61 Å². The Morgan fingerprint density at radius 3 is 2.81 bits per heavy atom.